The second-order valence-electron chi connectivity index (χ2n) is 3.87. The fourth-order valence-corrected chi connectivity index (χ4v) is 0.503. The van der Waals surface area contributed by atoms with Crippen LogP contribution < -0.4 is 5.73 Å². The second kappa shape index (κ2) is 10.3. The van der Waals surface area contributed by atoms with Crippen molar-refractivity contribution in [3.05, 3.63) is 23.9 Å². The first-order chi connectivity index (χ1) is 8.22. The Morgan fingerprint density at radius 3 is 2.11 bits per heavy atom. The van der Waals surface area contributed by atoms with E-state index in [2.05, 4.69) is 6.58 Å². The van der Waals surface area contributed by atoms with Crippen molar-refractivity contribution in [2.24, 2.45) is 5.73 Å². The van der Waals surface area contributed by atoms with Gasteiger partial charge in [-0.2, -0.15) is 0 Å². The maximum absolute atomic E-state index is 11.0. The zero-order valence-corrected chi connectivity index (χ0v) is 11.4. The molecule has 0 aliphatic carbocycles. The van der Waals surface area contributed by atoms with Crippen molar-refractivity contribution < 1.29 is 19.4 Å². The summed E-state index contributed by atoms with van der Waals surface area (Å²) in [5.41, 5.74) is 5.75. The normalized spacial score (nSPS) is 10.4. The van der Waals surface area contributed by atoms with Crippen LogP contribution in [0, 0.1) is 0 Å². The van der Waals surface area contributed by atoms with Gasteiger partial charge in [0.25, 0.3) is 0 Å². The molecule has 104 valence electrons. The Bertz CT molecular complexity index is 310. The standard InChI is InChI=1S/C8H16N2O2.C4H6O2/c1-7(6-9)8(11)12-5-4-10(2)3;1-3(2)4(5)6/h6H,4-5,9H2,1-3H3;1H2,2H3,(H,5,6). The lowest BCUT2D eigenvalue weighted by atomic mass is 10.3. The van der Waals surface area contributed by atoms with Gasteiger partial charge in [0, 0.05) is 23.9 Å². The Labute approximate surface area is 108 Å². The highest BCUT2D eigenvalue weighted by Crippen LogP contribution is 1.93. The van der Waals surface area contributed by atoms with E-state index in [-0.39, 0.29) is 11.5 Å². The number of nitrogens with two attached hydrogens (primary N) is 1. The number of rotatable bonds is 5. The molecule has 0 aromatic rings. The van der Waals surface area contributed by atoms with Crippen LogP contribution in [0.5, 0.6) is 0 Å². The minimum absolute atomic E-state index is 0.176. The molecule has 3 N–H and O–H groups in total. The maximum Gasteiger partial charge on any atom is 0.335 e. The average Bonchev–Trinajstić information content (AvgIpc) is 2.27. The molecule has 0 aliphatic rings. The molecule has 0 heterocycles. The third kappa shape index (κ3) is 12.3. The summed E-state index contributed by atoms with van der Waals surface area (Å²) < 4.78 is 4.88. The van der Waals surface area contributed by atoms with E-state index in [0.29, 0.717) is 12.2 Å². The number of hydrogen-bond acceptors (Lipinski definition) is 5. The van der Waals surface area contributed by atoms with E-state index in [1.165, 1.54) is 13.1 Å². The van der Waals surface area contributed by atoms with Crippen molar-refractivity contribution >= 4 is 11.9 Å². The van der Waals surface area contributed by atoms with Gasteiger partial charge < -0.3 is 20.5 Å². The monoisotopic (exact) mass is 258 g/mol. The number of aliphatic carboxylic acids is 1. The van der Waals surface area contributed by atoms with Crippen LogP contribution in [0.1, 0.15) is 13.8 Å². The quantitative estimate of drug-likeness (QED) is 0.554. The lowest BCUT2D eigenvalue weighted by Gasteiger charge is -2.09. The van der Waals surface area contributed by atoms with Crippen molar-refractivity contribution in [1.82, 2.24) is 4.90 Å². The van der Waals surface area contributed by atoms with E-state index in [1.54, 1.807) is 6.92 Å². The second-order valence-corrected chi connectivity index (χ2v) is 3.87. The van der Waals surface area contributed by atoms with Crippen LogP contribution >= 0.6 is 0 Å². The summed E-state index contributed by atoms with van der Waals surface area (Å²) in [6, 6.07) is 0. The first kappa shape index (κ1) is 18.5. The van der Waals surface area contributed by atoms with Gasteiger partial charge in [0.2, 0.25) is 0 Å². The maximum atomic E-state index is 11.0. The molecule has 18 heavy (non-hydrogen) atoms. The van der Waals surface area contributed by atoms with E-state index in [0.717, 1.165) is 6.54 Å². The van der Waals surface area contributed by atoms with Gasteiger partial charge in [-0.05, 0) is 27.9 Å². The summed E-state index contributed by atoms with van der Waals surface area (Å²) in [7, 11) is 3.83. The fourth-order valence-electron chi connectivity index (χ4n) is 0.503. The van der Waals surface area contributed by atoms with Crippen LogP contribution in [0.2, 0.25) is 0 Å². The van der Waals surface area contributed by atoms with Gasteiger partial charge in [0.05, 0.1) is 0 Å². The highest BCUT2D eigenvalue weighted by molar-refractivity contribution is 5.87. The van der Waals surface area contributed by atoms with Crippen molar-refractivity contribution in [2.75, 3.05) is 27.2 Å². The Balaban J connectivity index is 0. The molecule has 0 aromatic carbocycles. The van der Waals surface area contributed by atoms with Crippen molar-refractivity contribution in [3.63, 3.8) is 0 Å². The summed E-state index contributed by atoms with van der Waals surface area (Å²) in [6.07, 6.45) is 1.25. The van der Waals surface area contributed by atoms with Crippen molar-refractivity contribution in [3.8, 4) is 0 Å². The number of carbonyl (C=O) groups excluding carboxylic acids is 1. The molecule has 0 aliphatic heterocycles. The summed E-state index contributed by atoms with van der Waals surface area (Å²) in [5, 5.41) is 7.89. The van der Waals surface area contributed by atoms with Crippen LogP contribution in [0.15, 0.2) is 23.9 Å². The van der Waals surface area contributed by atoms with Gasteiger partial charge in [0.1, 0.15) is 6.61 Å². The molecule has 0 atom stereocenters. The topological polar surface area (TPSA) is 92.9 Å². The van der Waals surface area contributed by atoms with Gasteiger partial charge in [-0.25, -0.2) is 9.59 Å². The summed E-state index contributed by atoms with van der Waals surface area (Å²) in [6.45, 7) is 7.35. The Morgan fingerprint density at radius 1 is 1.39 bits per heavy atom. The molecule has 6 heteroatoms. The lowest BCUT2D eigenvalue weighted by molar-refractivity contribution is -0.139. The molecule has 0 amide bonds. The number of likely N-dealkylation sites (N-methyl/N-ethyl adjacent to an activating group) is 1. The molecule has 0 saturated heterocycles. The predicted molar refractivity (Wildman–Crippen MR) is 69.9 cm³/mol. The molecule has 0 bridgehead atoms. The Morgan fingerprint density at radius 2 is 1.83 bits per heavy atom. The third-order valence-corrected chi connectivity index (χ3v) is 1.71. The van der Waals surface area contributed by atoms with Crippen LogP contribution in [-0.2, 0) is 14.3 Å². The molecule has 0 aromatic heterocycles. The molecule has 0 unspecified atom stereocenters. The highest BCUT2D eigenvalue weighted by Gasteiger charge is 2.03. The van der Waals surface area contributed by atoms with E-state index in [4.69, 9.17) is 15.6 Å². The predicted octanol–water partition coefficient (Wildman–Crippen LogP) is 0.601. The number of carboxylic acid groups (broad SMARTS) is 1. The minimum atomic E-state index is -0.935. The molecule has 0 saturated carbocycles. The van der Waals surface area contributed by atoms with Gasteiger partial charge in [-0.1, -0.05) is 6.58 Å². The first-order valence-electron chi connectivity index (χ1n) is 5.31. The number of nitrogens with zero attached hydrogens (tertiary/aromatic N) is 1. The largest absolute Gasteiger partial charge is 0.478 e. The summed E-state index contributed by atoms with van der Waals surface area (Å²) in [4.78, 5) is 22.5. The molecular formula is C12H22N2O4. The lowest BCUT2D eigenvalue weighted by Crippen LogP contribution is -2.20. The zero-order chi connectivity index (χ0) is 14.7. The minimum Gasteiger partial charge on any atom is -0.478 e. The van der Waals surface area contributed by atoms with E-state index in [9.17, 15) is 9.59 Å². The van der Waals surface area contributed by atoms with Crippen LogP contribution in [-0.4, -0.2) is 49.2 Å². The van der Waals surface area contributed by atoms with Gasteiger partial charge in [0.15, 0.2) is 0 Å². The van der Waals surface area contributed by atoms with E-state index < -0.39 is 5.97 Å². The van der Waals surface area contributed by atoms with Crippen LogP contribution in [0.3, 0.4) is 0 Å². The van der Waals surface area contributed by atoms with Crippen LogP contribution in [0.25, 0.3) is 0 Å². The third-order valence-electron chi connectivity index (χ3n) is 1.71. The number of hydrogen-bond donors (Lipinski definition) is 2. The number of carbonyl (C=O) groups is 2. The fraction of sp³-hybridized carbons (Fsp3) is 0.500. The number of ether oxygens (including phenoxy) is 1. The Hall–Kier alpha value is -1.82. The average molecular weight is 258 g/mol. The van der Waals surface area contributed by atoms with Crippen molar-refractivity contribution in [2.45, 2.75) is 13.8 Å². The van der Waals surface area contributed by atoms with Crippen LogP contribution in [0.4, 0.5) is 0 Å². The number of carboxylic acids is 1. The summed E-state index contributed by atoms with van der Waals surface area (Å²) >= 11 is 0. The van der Waals surface area contributed by atoms with Gasteiger partial charge in [-0.3, -0.25) is 0 Å². The Kier molecular flexibility index (Phi) is 10.7. The molecule has 0 spiro atoms. The smallest absolute Gasteiger partial charge is 0.335 e. The first-order valence-corrected chi connectivity index (χ1v) is 5.31. The highest BCUT2D eigenvalue weighted by atomic mass is 16.5. The summed E-state index contributed by atoms with van der Waals surface area (Å²) in [5.74, 6) is -1.28. The van der Waals surface area contributed by atoms with E-state index in [1.807, 2.05) is 19.0 Å². The van der Waals surface area contributed by atoms with Gasteiger partial charge in [-0.15, -0.1) is 0 Å². The molecule has 6 nitrogen and oxygen atoms in total. The molecule has 0 radical (unpaired) electrons. The molecular weight excluding hydrogens is 236 g/mol. The molecule has 0 rings (SSSR count). The zero-order valence-electron chi connectivity index (χ0n) is 11.4. The molecule has 0 fully saturated rings. The SMILES string of the molecule is C=C(C)C(=O)O.CC(=CN)C(=O)OCCN(C)C. The van der Waals surface area contributed by atoms with Crippen molar-refractivity contribution in [1.29, 1.82) is 0 Å². The number of esters is 1. The van der Waals surface area contributed by atoms with E-state index >= 15 is 0 Å². The van der Waals surface area contributed by atoms with Gasteiger partial charge >= 0.3 is 11.9 Å².